The summed E-state index contributed by atoms with van der Waals surface area (Å²) in [7, 11) is 0. The molecule has 2 aromatic heterocycles. The summed E-state index contributed by atoms with van der Waals surface area (Å²) in [4.78, 5) is 19.5. The highest BCUT2D eigenvalue weighted by molar-refractivity contribution is 7.18. The smallest absolute Gasteiger partial charge is 0.251 e. The molecule has 1 aliphatic rings. The minimum Gasteiger partial charge on any atom is -0.345 e. The lowest BCUT2D eigenvalue weighted by atomic mass is 10.2. The van der Waals surface area contributed by atoms with E-state index in [2.05, 4.69) is 43.2 Å². The van der Waals surface area contributed by atoms with Crippen LogP contribution >= 0.6 is 11.3 Å². The van der Waals surface area contributed by atoms with Crippen molar-refractivity contribution < 1.29 is 4.79 Å². The van der Waals surface area contributed by atoms with Crippen LogP contribution in [-0.2, 0) is 26.1 Å². The van der Waals surface area contributed by atoms with Gasteiger partial charge in [-0.25, -0.2) is 4.98 Å². The minimum atomic E-state index is -0.0981. The zero-order valence-corrected chi connectivity index (χ0v) is 17.3. The normalized spacial score (nSPS) is 14.4. The average molecular weight is 419 g/mol. The molecule has 0 unspecified atom stereocenters. The van der Waals surface area contributed by atoms with E-state index in [-0.39, 0.29) is 5.91 Å². The number of hydrogen-bond donors (Lipinski definition) is 1. The maximum absolute atomic E-state index is 12.3. The van der Waals surface area contributed by atoms with Gasteiger partial charge >= 0.3 is 0 Å². The molecule has 0 bridgehead atoms. The van der Waals surface area contributed by atoms with Crippen molar-refractivity contribution in [3.8, 4) is 0 Å². The highest BCUT2D eigenvalue weighted by Crippen LogP contribution is 2.23. The second-order valence-electron chi connectivity index (χ2n) is 7.33. The SMILES string of the molecule is O=C(NCc1nnc2n1CCN(Cc1nc3ccccc3s1)CC2)c1ccccc1. The van der Waals surface area contributed by atoms with Crippen LogP contribution in [0.4, 0.5) is 0 Å². The standard InChI is InChI=1S/C22H22N6OS/c29-22(16-6-2-1-3-7-16)23-14-20-26-25-19-10-11-27(12-13-28(19)20)15-21-24-17-8-4-5-9-18(17)30-21/h1-9H,10-15H2,(H,23,29). The van der Waals surface area contributed by atoms with E-state index in [9.17, 15) is 4.79 Å². The largest absolute Gasteiger partial charge is 0.345 e. The molecule has 0 saturated heterocycles. The first-order valence-electron chi connectivity index (χ1n) is 10.1. The minimum absolute atomic E-state index is 0.0981. The molecular formula is C22H22N6OS. The molecule has 0 atom stereocenters. The molecule has 4 aromatic rings. The summed E-state index contributed by atoms with van der Waals surface area (Å²) < 4.78 is 3.37. The Hall–Kier alpha value is -3.10. The van der Waals surface area contributed by atoms with Crippen LogP contribution in [0, 0.1) is 0 Å². The Morgan fingerprint density at radius 1 is 1.00 bits per heavy atom. The molecule has 30 heavy (non-hydrogen) atoms. The van der Waals surface area contributed by atoms with Crippen molar-refractivity contribution in [1.29, 1.82) is 0 Å². The number of nitrogens with one attached hydrogen (secondary N) is 1. The Bertz CT molecular complexity index is 1140. The van der Waals surface area contributed by atoms with E-state index in [0.29, 0.717) is 12.1 Å². The summed E-state index contributed by atoms with van der Waals surface area (Å²) in [6.45, 7) is 3.85. The maximum Gasteiger partial charge on any atom is 0.251 e. The van der Waals surface area contributed by atoms with E-state index in [4.69, 9.17) is 4.98 Å². The Morgan fingerprint density at radius 3 is 2.70 bits per heavy atom. The molecule has 0 aliphatic carbocycles. The predicted octanol–water partition coefficient (Wildman–Crippen LogP) is 2.88. The summed E-state index contributed by atoms with van der Waals surface area (Å²) >= 11 is 1.76. The van der Waals surface area contributed by atoms with Crippen molar-refractivity contribution in [3.05, 3.63) is 76.8 Å². The molecule has 0 radical (unpaired) electrons. The van der Waals surface area contributed by atoms with Crippen molar-refractivity contribution in [2.45, 2.75) is 26.1 Å². The van der Waals surface area contributed by atoms with Gasteiger partial charge in [-0.15, -0.1) is 21.5 Å². The van der Waals surface area contributed by atoms with Gasteiger partial charge in [-0.3, -0.25) is 9.69 Å². The number of para-hydroxylation sites is 1. The second kappa shape index (κ2) is 8.33. The maximum atomic E-state index is 12.3. The van der Waals surface area contributed by atoms with Crippen LogP contribution in [0.1, 0.15) is 27.0 Å². The van der Waals surface area contributed by atoms with Gasteiger partial charge in [-0.1, -0.05) is 30.3 Å². The number of rotatable bonds is 5. The molecule has 0 fully saturated rings. The van der Waals surface area contributed by atoms with Crippen LogP contribution in [0.25, 0.3) is 10.2 Å². The second-order valence-corrected chi connectivity index (χ2v) is 8.45. The van der Waals surface area contributed by atoms with E-state index in [0.717, 1.165) is 54.8 Å². The van der Waals surface area contributed by atoms with Gasteiger partial charge in [0.1, 0.15) is 10.8 Å². The van der Waals surface area contributed by atoms with Crippen molar-refractivity contribution in [2.75, 3.05) is 13.1 Å². The van der Waals surface area contributed by atoms with Gasteiger partial charge in [0, 0.05) is 31.6 Å². The van der Waals surface area contributed by atoms with Crippen LogP contribution in [-0.4, -0.2) is 43.6 Å². The fourth-order valence-corrected chi connectivity index (χ4v) is 4.76. The quantitative estimate of drug-likeness (QED) is 0.539. The fraction of sp³-hybridized carbons (Fsp3) is 0.273. The Kier molecular flexibility index (Phi) is 5.25. The molecule has 2 aromatic carbocycles. The summed E-state index contributed by atoms with van der Waals surface area (Å²) in [6, 6.07) is 17.5. The molecule has 1 amide bonds. The highest BCUT2D eigenvalue weighted by Gasteiger charge is 2.20. The van der Waals surface area contributed by atoms with E-state index < -0.39 is 0 Å². The summed E-state index contributed by atoms with van der Waals surface area (Å²) in [6.07, 6.45) is 0.838. The third kappa shape index (κ3) is 3.96. The van der Waals surface area contributed by atoms with Gasteiger partial charge in [-0.2, -0.15) is 0 Å². The van der Waals surface area contributed by atoms with E-state index in [1.807, 2.05) is 24.3 Å². The van der Waals surface area contributed by atoms with Crippen molar-refractivity contribution >= 4 is 27.5 Å². The first-order chi connectivity index (χ1) is 14.8. The summed E-state index contributed by atoms with van der Waals surface area (Å²) in [5.41, 5.74) is 1.72. The zero-order valence-electron chi connectivity index (χ0n) is 16.5. The van der Waals surface area contributed by atoms with Gasteiger partial charge in [-0.05, 0) is 24.3 Å². The van der Waals surface area contributed by atoms with E-state index in [1.165, 1.54) is 4.70 Å². The van der Waals surface area contributed by atoms with Crippen molar-refractivity contribution in [2.24, 2.45) is 0 Å². The predicted molar refractivity (Wildman–Crippen MR) is 116 cm³/mol. The van der Waals surface area contributed by atoms with Crippen LogP contribution in [0.5, 0.6) is 0 Å². The van der Waals surface area contributed by atoms with Gasteiger partial charge in [0.15, 0.2) is 5.82 Å². The number of fused-ring (bicyclic) bond motifs is 2. The number of hydrogen-bond acceptors (Lipinski definition) is 6. The first kappa shape index (κ1) is 18.9. The lowest BCUT2D eigenvalue weighted by Gasteiger charge is -2.17. The van der Waals surface area contributed by atoms with E-state index in [1.54, 1.807) is 23.5 Å². The number of thiazole rings is 1. The highest BCUT2D eigenvalue weighted by atomic mass is 32.1. The third-order valence-corrected chi connectivity index (χ3v) is 6.36. The van der Waals surface area contributed by atoms with Gasteiger partial charge < -0.3 is 9.88 Å². The summed E-state index contributed by atoms with van der Waals surface area (Å²) in [5.74, 6) is 1.68. The zero-order chi connectivity index (χ0) is 20.3. The van der Waals surface area contributed by atoms with Gasteiger partial charge in [0.25, 0.3) is 5.91 Å². The van der Waals surface area contributed by atoms with E-state index >= 15 is 0 Å². The van der Waals surface area contributed by atoms with Crippen LogP contribution in [0.15, 0.2) is 54.6 Å². The first-order valence-corrected chi connectivity index (χ1v) is 10.9. The van der Waals surface area contributed by atoms with Crippen molar-refractivity contribution in [3.63, 3.8) is 0 Å². The Morgan fingerprint density at radius 2 is 1.83 bits per heavy atom. The number of carbonyl (C=O) groups excluding carboxylic acids is 1. The number of carbonyl (C=O) groups is 1. The number of amides is 1. The number of aromatic nitrogens is 4. The lowest BCUT2D eigenvalue weighted by molar-refractivity contribution is 0.0949. The monoisotopic (exact) mass is 418 g/mol. The molecule has 1 aliphatic heterocycles. The molecule has 3 heterocycles. The van der Waals surface area contributed by atoms with Crippen LogP contribution < -0.4 is 5.32 Å². The topological polar surface area (TPSA) is 75.9 Å². The van der Waals surface area contributed by atoms with Crippen molar-refractivity contribution in [1.82, 2.24) is 30.0 Å². The average Bonchev–Trinajstić information content (AvgIpc) is 3.31. The summed E-state index contributed by atoms with van der Waals surface area (Å²) in [5, 5.41) is 12.8. The molecule has 5 rings (SSSR count). The fourth-order valence-electron chi connectivity index (χ4n) is 3.75. The van der Waals surface area contributed by atoms with Gasteiger partial charge in [0.05, 0.1) is 23.3 Å². The molecule has 8 heteroatoms. The van der Waals surface area contributed by atoms with Crippen LogP contribution in [0.3, 0.4) is 0 Å². The van der Waals surface area contributed by atoms with Gasteiger partial charge in [0.2, 0.25) is 0 Å². The molecule has 7 nitrogen and oxygen atoms in total. The number of nitrogens with zero attached hydrogens (tertiary/aromatic N) is 5. The number of benzene rings is 2. The molecular weight excluding hydrogens is 396 g/mol. The Balaban J connectivity index is 1.22. The third-order valence-electron chi connectivity index (χ3n) is 5.34. The Labute approximate surface area is 178 Å². The molecule has 0 saturated carbocycles. The molecule has 0 spiro atoms. The molecule has 1 N–H and O–H groups in total. The molecule has 152 valence electrons. The lowest BCUT2D eigenvalue weighted by Crippen LogP contribution is -2.28. The van der Waals surface area contributed by atoms with Crippen LogP contribution in [0.2, 0.25) is 0 Å².